The van der Waals surface area contributed by atoms with E-state index in [0.29, 0.717) is 12.2 Å². The van der Waals surface area contributed by atoms with Gasteiger partial charge in [0.25, 0.3) is 5.91 Å². The first-order valence-corrected chi connectivity index (χ1v) is 12.0. The van der Waals surface area contributed by atoms with Crippen LogP contribution in [0.5, 0.6) is 0 Å². The number of amides is 1. The van der Waals surface area contributed by atoms with Crippen LogP contribution in [0.4, 0.5) is 0 Å². The Kier molecular flexibility index (Phi) is 6.46. The molecule has 3 heterocycles. The van der Waals surface area contributed by atoms with E-state index in [2.05, 4.69) is 61.8 Å². The average molecular weight is 504 g/mol. The SMILES string of the molecule is O=C(c1cc2occc2n1Cc1ccc(Br)cc1)N1CCN(C/C=C/c2ccccc2)CC1. The fourth-order valence-corrected chi connectivity index (χ4v) is 4.56. The van der Waals surface area contributed by atoms with Gasteiger partial charge in [-0.1, -0.05) is 70.5 Å². The number of fused-ring (bicyclic) bond motifs is 1. The standard InChI is InChI=1S/C27H26BrN3O2/c28-23-10-8-22(9-11-23)20-31-24-12-18-33-26(24)19-25(31)27(32)30-16-14-29(15-17-30)13-4-7-21-5-2-1-3-6-21/h1-12,18-19H,13-17,20H2/b7-4+. The highest BCUT2D eigenvalue weighted by molar-refractivity contribution is 9.10. The number of carbonyl (C=O) groups is 1. The molecular formula is C27H26BrN3O2. The number of nitrogens with zero attached hydrogens (tertiary/aromatic N) is 3. The van der Waals surface area contributed by atoms with Crippen LogP contribution in [0.1, 0.15) is 21.6 Å². The molecule has 1 amide bonds. The maximum atomic E-state index is 13.5. The number of halogens is 1. The molecule has 0 radical (unpaired) electrons. The summed E-state index contributed by atoms with van der Waals surface area (Å²) in [6.45, 7) is 4.71. The van der Waals surface area contributed by atoms with E-state index in [-0.39, 0.29) is 5.91 Å². The molecule has 6 heteroatoms. The molecule has 0 saturated carbocycles. The van der Waals surface area contributed by atoms with Gasteiger partial charge in [0.05, 0.1) is 11.8 Å². The summed E-state index contributed by atoms with van der Waals surface area (Å²) in [7, 11) is 0. The average Bonchev–Trinajstić information content (AvgIpc) is 3.44. The molecule has 0 aliphatic carbocycles. The van der Waals surface area contributed by atoms with Crippen LogP contribution in [-0.4, -0.2) is 53.0 Å². The van der Waals surface area contributed by atoms with Gasteiger partial charge in [0, 0.05) is 55.9 Å². The molecule has 2 aromatic heterocycles. The van der Waals surface area contributed by atoms with Gasteiger partial charge >= 0.3 is 0 Å². The Morgan fingerprint density at radius 3 is 2.48 bits per heavy atom. The van der Waals surface area contributed by atoms with Gasteiger partial charge in [0.1, 0.15) is 5.69 Å². The van der Waals surface area contributed by atoms with Crippen molar-refractivity contribution in [1.82, 2.24) is 14.4 Å². The lowest BCUT2D eigenvalue weighted by molar-refractivity contribution is 0.0640. The Morgan fingerprint density at radius 2 is 1.73 bits per heavy atom. The number of benzene rings is 2. The van der Waals surface area contributed by atoms with Crippen molar-refractivity contribution in [2.45, 2.75) is 6.54 Å². The molecule has 4 aromatic rings. The van der Waals surface area contributed by atoms with E-state index < -0.39 is 0 Å². The second kappa shape index (κ2) is 9.81. The van der Waals surface area contributed by atoms with Crippen LogP contribution in [-0.2, 0) is 6.54 Å². The maximum Gasteiger partial charge on any atom is 0.270 e. The minimum Gasteiger partial charge on any atom is -0.463 e. The monoisotopic (exact) mass is 503 g/mol. The number of carbonyl (C=O) groups excluding carboxylic acids is 1. The molecule has 0 N–H and O–H groups in total. The molecule has 0 atom stereocenters. The van der Waals surface area contributed by atoms with Gasteiger partial charge < -0.3 is 13.9 Å². The van der Waals surface area contributed by atoms with Gasteiger partial charge in [-0.25, -0.2) is 0 Å². The Morgan fingerprint density at radius 1 is 0.970 bits per heavy atom. The van der Waals surface area contributed by atoms with Crippen molar-refractivity contribution in [2.75, 3.05) is 32.7 Å². The first-order chi connectivity index (χ1) is 16.2. The molecule has 1 aliphatic heterocycles. The van der Waals surface area contributed by atoms with Gasteiger partial charge in [-0.2, -0.15) is 0 Å². The molecule has 0 spiro atoms. The lowest BCUT2D eigenvalue weighted by Gasteiger charge is -2.34. The van der Waals surface area contributed by atoms with Crippen molar-refractivity contribution in [1.29, 1.82) is 0 Å². The van der Waals surface area contributed by atoms with Crippen LogP contribution in [0, 0.1) is 0 Å². The summed E-state index contributed by atoms with van der Waals surface area (Å²) in [6, 6.07) is 22.3. The van der Waals surface area contributed by atoms with E-state index in [9.17, 15) is 4.79 Å². The smallest absolute Gasteiger partial charge is 0.270 e. The molecule has 5 nitrogen and oxygen atoms in total. The molecule has 168 valence electrons. The Balaban J connectivity index is 1.25. The number of rotatable bonds is 6. The minimum absolute atomic E-state index is 0.0676. The number of hydrogen-bond donors (Lipinski definition) is 0. The molecule has 5 rings (SSSR count). The molecule has 2 aromatic carbocycles. The second-order valence-corrected chi connectivity index (χ2v) is 9.23. The summed E-state index contributed by atoms with van der Waals surface area (Å²) in [5.41, 5.74) is 4.74. The quantitative estimate of drug-likeness (QED) is 0.348. The van der Waals surface area contributed by atoms with Gasteiger partial charge in [-0.15, -0.1) is 0 Å². The lowest BCUT2D eigenvalue weighted by atomic mass is 10.2. The fourth-order valence-electron chi connectivity index (χ4n) is 4.29. The number of piperazine rings is 1. The summed E-state index contributed by atoms with van der Waals surface area (Å²) in [5, 5.41) is 0. The Hall–Kier alpha value is -3.09. The van der Waals surface area contributed by atoms with Gasteiger partial charge in [0.2, 0.25) is 0 Å². The van der Waals surface area contributed by atoms with Crippen LogP contribution < -0.4 is 0 Å². The summed E-state index contributed by atoms with van der Waals surface area (Å²) in [5.74, 6) is 0.0676. The van der Waals surface area contributed by atoms with Crippen molar-refractivity contribution in [2.24, 2.45) is 0 Å². The van der Waals surface area contributed by atoms with Crippen molar-refractivity contribution in [3.63, 3.8) is 0 Å². The van der Waals surface area contributed by atoms with Gasteiger partial charge in [-0.05, 0) is 23.3 Å². The van der Waals surface area contributed by atoms with Crippen LogP contribution in [0.15, 0.2) is 88.0 Å². The van der Waals surface area contributed by atoms with Crippen LogP contribution in [0.2, 0.25) is 0 Å². The van der Waals surface area contributed by atoms with Crippen LogP contribution >= 0.6 is 15.9 Å². The normalized spacial score (nSPS) is 15.0. The number of hydrogen-bond acceptors (Lipinski definition) is 3. The predicted octanol–water partition coefficient (Wildman–Crippen LogP) is 5.52. The molecule has 33 heavy (non-hydrogen) atoms. The first kappa shape index (κ1) is 21.7. The Bertz CT molecular complexity index is 1250. The third kappa shape index (κ3) is 4.97. The maximum absolute atomic E-state index is 13.5. The van der Waals surface area contributed by atoms with E-state index in [1.807, 2.05) is 47.4 Å². The highest BCUT2D eigenvalue weighted by Gasteiger charge is 2.25. The highest BCUT2D eigenvalue weighted by atomic mass is 79.9. The van der Waals surface area contributed by atoms with E-state index in [1.54, 1.807) is 6.26 Å². The largest absolute Gasteiger partial charge is 0.463 e. The molecular weight excluding hydrogens is 478 g/mol. The van der Waals surface area contributed by atoms with Crippen molar-refractivity contribution in [3.8, 4) is 0 Å². The lowest BCUT2D eigenvalue weighted by Crippen LogP contribution is -2.49. The van der Waals surface area contributed by atoms with Crippen molar-refractivity contribution < 1.29 is 9.21 Å². The molecule has 1 aliphatic rings. The van der Waals surface area contributed by atoms with Gasteiger partial charge in [0.15, 0.2) is 5.58 Å². The van der Waals surface area contributed by atoms with Crippen LogP contribution in [0.3, 0.4) is 0 Å². The third-order valence-corrected chi connectivity index (χ3v) is 6.66. The highest BCUT2D eigenvalue weighted by Crippen LogP contribution is 2.24. The Labute approximate surface area is 202 Å². The fraction of sp³-hybridized carbons (Fsp3) is 0.222. The second-order valence-electron chi connectivity index (χ2n) is 8.32. The molecule has 1 saturated heterocycles. The zero-order chi connectivity index (χ0) is 22.6. The zero-order valence-corrected chi connectivity index (χ0v) is 19.9. The summed E-state index contributed by atoms with van der Waals surface area (Å²) in [4.78, 5) is 17.8. The van der Waals surface area contributed by atoms with E-state index in [0.717, 1.165) is 53.9 Å². The van der Waals surface area contributed by atoms with E-state index >= 15 is 0 Å². The first-order valence-electron chi connectivity index (χ1n) is 11.2. The molecule has 1 fully saturated rings. The number of furan rings is 1. The molecule has 0 unspecified atom stereocenters. The molecule has 0 bridgehead atoms. The predicted molar refractivity (Wildman–Crippen MR) is 135 cm³/mol. The van der Waals surface area contributed by atoms with Gasteiger partial charge in [-0.3, -0.25) is 9.69 Å². The van der Waals surface area contributed by atoms with Crippen molar-refractivity contribution in [3.05, 3.63) is 100 Å². The summed E-state index contributed by atoms with van der Waals surface area (Å²) < 4.78 is 8.73. The topological polar surface area (TPSA) is 41.6 Å². The minimum atomic E-state index is 0.0676. The van der Waals surface area contributed by atoms with Crippen molar-refractivity contribution >= 4 is 39.0 Å². The van der Waals surface area contributed by atoms with Crippen LogP contribution in [0.25, 0.3) is 17.2 Å². The number of aromatic nitrogens is 1. The third-order valence-electron chi connectivity index (χ3n) is 6.13. The zero-order valence-electron chi connectivity index (χ0n) is 18.4. The summed E-state index contributed by atoms with van der Waals surface area (Å²) >= 11 is 3.49. The summed E-state index contributed by atoms with van der Waals surface area (Å²) in [6.07, 6.45) is 6.03. The van der Waals surface area contributed by atoms with E-state index in [4.69, 9.17) is 4.42 Å². The van der Waals surface area contributed by atoms with E-state index in [1.165, 1.54) is 5.56 Å².